The third kappa shape index (κ3) is 4.58. The van der Waals surface area contributed by atoms with Crippen molar-refractivity contribution in [2.45, 2.75) is 25.8 Å². The average Bonchev–Trinajstić information content (AvgIpc) is 3.18. The molecule has 2 N–H and O–H groups in total. The first-order valence-corrected chi connectivity index (χ1v) is 11.8. The molecular formula is C25H30F2N8. The first-order valence-electron chi connectivity index (χ1n) is 11.8. The van der Waals surface area contributed by atoms with E-state index in [0.29, 0.717) is 17.8 Å². The first kappa shape index (κ1) is 23.2. The summed E-state index contributed by atoms with van der Waals surface area (Å²) in [6.45, 7) is 5.26. The number of rotatable bonds is 5. The minimum absolute atomic E-state index is 0.202. The summed E-state index contributed by atoms with van der Waals surface area (Å²) < 4.78 is 29.8. The van der Waals surface area contributed by atoms with Gasteiger partial charge in [-0.3, -0.25) is 4.90 Å². The number of halogens is 2. The second kappa shape index (κ2) is 9.26. The van der Waals surface area contributed by atoms with Crippen molar-refractivity contribution in [3.05, 3.63) is 58.9 Å². The lowest BCUT2D eigenvalue weighted by Crippen LogP contribution is -2.55. The van der Waals surface area contributed by atoms with Crippen LogP contribution in [0.5, 0.6) is 0 Å². The van der Waals surface area contributed by atoms with Crippen molar-refractivity contribution in [2.75, 3.05) is 55.8 Å². The molecule has 1 unspecified atom stereocenters. The highest BCUT2D eigenvalue weighted by atomic mass is 19.1. The van der Waals surface area contributed by atoms with Gasteiger partial charge in [-0.05, 0) is 25.8 Å². The Morgan fingerprint density at radius 2 is 2.00 bits per heavy atom. The monoisotopic (exact) mass is 480 g/mol. The summed E-state index contributed by atoms with van der Waals surface area (Å²) >= 11 is 0. The maximum Gasteiger partial charge on any atom is 0.224 e. The summed E-state index contributed by atoms with van der Waals surface area (Å²) in [5, 5.41) is 4.50. The van der Waals surface area contributed by atoms with Gasteiger partial charge in [-0.25, -0.2) is 13.5 Å². The van der Waals surface area contributed by atoms with E-state index in [2.05, 4.69) is 37.0 Å². The molecule has 4 heterocycles. The van der Waals surface area contributed by atoms with E-state index < -0.39 is 11.6 Å². The average molecular weight is 481 g/mol. The molecule has 1 aromatic carbocycles. The Kier molecular flexibility index (Phi) is 6.14. The van der Waals surface area contributed by atoms with Crippen LogP contribution in [-0.4, -0.2) is 71.0 Å². The Morgan fingerprint density at radius 1 is 1.17 bits per heavy atom. The fourth-order valence-corrected chi connectivity index (χ4v) is 4.98. The molecule has 1 atom stereocenters. The number of benzene rings is 1. The summed E-state index contributed by atoms with van der Waals surface area (Å²) in [7, 11) is 3.80. The Hall–Kier alpha value is -3.53. The zero-order chi connectivity index (χ0) is 24.7. The van der Waals surface area contributed by atoms with Crippen LogP contribution >= 0.6 is 0 Å². The fraction of sp³-hybridized carbons (Fsp3) is 0.400. The second-order valence-corrected chi connectivity index (χ2v) is 9.37. The summed E-state index contributed by atoms with van der Waals surface area (Å²) in [6, 6.07) is 4.59. The second-order valence-electron chi connectivity index (χ2n) is 9.37. The lowest BCUT2D eigenvalue weighted by atomic mass is 9.93. The van der Waals surface area contributed by atoms with Crippen LogP contribution in [0.2, 0.25) is 0 Å². The predicted molar refractivity (Wildman–Crippen MR) is 134 cm³/mol. The summed E-state index contributed by atoms with van der Waals surface area (Å²) in [4.78, 5) is 15.0. The van der Waals surface area contributed by atoms with Crippen molar-refractivity contribution in [1.82, 2.24) is 24.6 Å². The zero-order valence-electron chi connectivity index (χ0n) is 20.2. The third-order valence-corrected chi connectivity index (χ3v) is 6.84. The summed E-state index contributed by atoms with van der Waals surface area (Å²) in [5.41, 5.74) is 9.22. The Bertz CT molecular complexity index is 1270. The highest BCUT2D eigenvalue weighted by Gasteiger charge is 2.33. The molecule has 1 saturated heterocycles. The quantitative estimate of drug-likeness (QED) is 0.601. The van der Waals surface area contributed by atoms with Gasteiger partial charge in [0.1, 0.15) is 17.5 Å². The molecule has 8 nitrogen and oxygen atoms in total. The van der Waals surface area contributed by atoms with Crippen LogP contribution in [-0.2, 0) is 6.42 Å². The minimum atomic E-state index is -0.509. The van der Waals surface area contributed by atoms with Crippen molar-refractivity contribution in [2.24, 2.45) is 0 Å². The van der Waals surface area contributed by atoms with Crippen LogP contribution in [0.3, 0.4) is 0 Å². The lowest BCUT2D eigenvalue weighted by molar-refractivity contribution is 0.233. The van der Waals surface area contributed by atoms with Crippen molar-refractivity contribution in [3.63, 3.8) is 0 Å². The predicted octanol–water partition coefficient (Wildman–Crippen LogP) is 3.05. The van der Waals surface area contributed by atoms with Gasteiger partial charge in [-0.2, -0.15) is 15.1 Å². The molecular weight excluding hydrogens is 450 g/mol. The van der Waals surface area contributed by atoms with Gasteiger partial charge in [-0.15, -0.1) is 0 Å². The maximum absolute atomic E-state index is 14.2. The van der Waals surface area contributed by atoms with Crippen LogP contribution in [0.4, 0.5) is 26.2 Å². The molecule has 2 aliphatic heterocycles. The SMILES string of the molecule is Cc1c(/C=C/CN2CCN3c4cc(F)cc(F)c4CCC3C2)cnn1-c1cc(N(C)C)nc(N)n1. The third-order valence-electron chi connectivity index (χ3n) is 6.84. The van der Waals surface area contributed by atoms with Crippen LogP contribution in [0.15, 0.2) is 30.5 Å². The van der Waals surface area contributed by atoms with E-state index >= 15 is 0 Å². The number of nitrogens with two attached hydrogens (primary N) is 1. The fourth-order valence-electron chi connectivity index (χ4n) is 4.98. The molecule has 1 fully saturated rings. The molecule has 35 heavy (non-hydrogen) atoms. The van der Waals surface area contributed by atoms with E-state index in [0.717, 1.165) is 61.4 Å². The molecule has 0 amide bonds. The van der Waals surface area contributed by atoms with Crippen molar-refractivity contribution >= 4 is 23.5 Å². The molecule has 2 aliphatic rings. The van der Waals surface area contributed by atoms with Crippen LogP contribution in [0, 0.1) is 18.6 Å². The number of fused-ring (bicyclic) bond motifs is 3. The normalized spacial score (nSPS) is 18.1. The number of aromatic nitrogens is 4. The Balaban J connectivity index is 1.25. The molecule has 2 aromatic heterocycles. The van der Waals surface area contributed by atoms with Gasteiger partial charge >= 0.3 is 0 Å². The number of nitrogens with zero attached hydrogens (tertiary/aromatic N) is 7. The highest BCUT2D eigenvalue weighted by molar-refractivity contribution is 5.58. The molecule has 3 aromatic rings. The minimum Gasteiger partial charge on any atom is -0.368 e. The molecule has 0 bridgehead atoms. The van der Waals surface area contributed by atoms with Gasteiger partial charge < -0.3 is 15.5 Å². The number of anilines is 3. The van der Waals surface area contributed by atoms with Gasteiger partial charge in [0.15, 0.2) is 5.82 Å². The molecule has 0 spiro atoms. The van der Waals surface area contributed by atoms with E-state index in [1.807, 2.05) is 38.2 Å². The van der Waals surface area contributed by atoms with Gasteiger partial charge in [0.25, 0.3) is 0 Å². The summed E-state index contributed by atoms with van der Waals surface area (Å²) in [6.07, 6.45) is 7.55. The van der Waals surface area contributed by atoms with Crippen LogP contribution < -0.4 is 15.5 Å². The number of hydrogen-bond donors (Lipinski definition) is 1. The molecule has 5 rings (SSSR count). The molecule has 0 aliphatic carbocycles. The topological polar surface area (TPSA) is 79.3 Å². The summed E-state index contributed by atoms with van der Waals surface area (Å²) in [5.74, 6) is 0.607. The van der Waals surface area contributed by atoms with E-state index in [9.17, 15) is 8.78 Å². The largest absolute Gasteiger partial charge is 0.368 e. The lowest BCUT2D eigenvalue weighted by Gasteiger charge is -2.46. The van der Waals surface area contributed by atoms with Gasteiger partial charge in [0, 0.05) is 75.3 Å². The van der Waals surface area contributed by atoms with E-state index in [1.165, 1.54) is 6.07 Å². The Morgan fingerprint density at radius 3 is 2.80 bits per heavy atom. The first-order chi connectivity index (χ1) is 16.8. The number of nitrogen functional groups attached to an aromatic ring is 1. The van der Waals surface area contributed by atoms with Crippen LogP contribution in [0.25, 0.3) is 11.9 Å². The number of piperazine rings is 1. The van der Waals surface area contributed by atoms with E-state index in [1.54, 1.807) is 4.68 Å². The maximum atomic E-state index is 14.2. The van der Waals surface area contributed by atoms with Gasteiger partial charge in [0.2, 0.25) is 5.95 Å². The standard InChI is InChI=1S/C25H30F2N8/c1-16-17(14-29-35(16)24-13-23(32(2)3)30-25(28)31-24)5-4-8-33-9-10-34-19(15-33)6-7-20-21(27)11-18(26)12-22(20)34/h4-5,11-14,19H,6-10,15H2,1-3H3,(H2,28,30,31)/b5-4+. The zero-order valence-corrected chi connectivity index (χ0v) is 20.2. The molecule has 184 valence electrons. The van der Waals surface area contributed by atoms with Gasteiger partial charge in [0.05, 0.1) is 11.9 Å². The molecule has 0 saturated carbocycles. The number of hydrogen-bond acceptors (Lipinski definition) is 7. The Labute approximate surface area is 203 Å². The van der Waals surface area contributed by atoms with Gasteiger partial charge in [-0.1, -0.05) is 12.2 Å². The molecule has 0 radical (unpaired) electrons. The smallest absolute Gasteiger partial charge is 0.224 e. The van der Waals surface area contributed by atoms with Crippen molar-refractivity contribution in [1.29, 1.82) is 0 Å². The van der Waals surface area contributed by atoms with E-state index in [-0.39, 0.29) is 12.0 Å². The highest BCUT2D eigenvalue weighted by Crippen LogP contribution is 2.35. The van der Waals surface area contributed by atoms with Crippen molar-refractivity contribution < 1.29 is 8.78 Å². The van der Waals surface area contributed by atoms with E-state index in [4.69, 9.17) is 5.73 Å². The van der Waals surface area contributed by atoms with Crippen LogP contribution in [0.1, 0.15) is 23.2 Å². The molecule has 10 heteroatoms. The van der Waals surface area contributed by atoms with Crippen molar-refractivity contribution in [3.8, 4) is 5.82 Å².